The predicted molar refractivity (Wildman–Crippen MR) is 141 cm³/mol. The summed E-state index contributed by atoms with van der Waals surface area (Å²) < 4.78 is 0. The molecule has 1 aromatic rings. The summed E-state index contributed by atoms with van der Waals surface area (Å²) in [5.74, 6) is -0.849. The van der Waals surface area contributed by atoms with Gasteiger partial charge in [-0.15, -0.1) is 11.6 Å². The first-order chi connectivity index (χ1) is 17.9. The molecule has 0 aromatic heterocycles. The number of piperidine rings is 1. The molecular formula is C30H35ClN2O4. The second kappa shape index (κ2) is 9.94. The highest BCUT2D eigenvalue weighted by molar-refractivity contribution is 6.22. The Bertz CT molecular complexity index is 1170. The van der Waals surface area contributed by atoms with Gasteiger partial charge in [-0.25, -0.2) is 0 Å². The molecule has 5 aliphatic rings. The summed E-state index contributed by atoms with van der Waals surface area (Å²) in [5, 5.41) is 9.02. The molecule has 1 heterocycles. The number of hydrogen-bond acceptors (Lipinski definition) is 3. The number of carboxylic acid groups (broad SMARTS) is 1. The SMILES string of the molecule is O=C(O)CCC(=O)N(C1CC1)C1C2=CCC(Cl)C=C2N(C(=O)C2CCCc3ccccc32)C2CCCC21. The Morgan fingerprint density at radius 1 is 1.03 bits per heavy atom. The molecule has 2 saturated carbocycles. The lowest BCUT2D eigenvalue weighted by molar-refractivity contribution is -0.143. The highest BCUT2D eigenvalue weighted by Gasteiger charge is 2.54. The minimum absolute atomic E-state index is 0.0195. The molecule has 6 rings (SSSR count). The second-order valence-corrected chi connectivity index (χ2v) is 11.9. The van der Waals surface area contributed by atoms with E-state index >= 15 is 0 Å². The molecule has 4 aliphatic carbocycles. The molecule has 37 heavy (non-hydrogen) atoms. The summed E-state index contributed by atoms with van der Waals surface area (Å²) in [6, 6.07) is 8.44. The van der Waals surface area contributed by atoms with E-state index < -0.39 is 5.97 Å². The van der Waals surface area contributed by atoms with E-state index in [2.05, 4.69) is 29.2 Å². The number of hydrogen-bond donors (Lipinski definition) is 1. The number of amides is 2. The number of carbonyl (C=O) groups is 3. The molecule has 0 bridgehead atoms. The van der Waals surface area contributed by atoms with Gasteiger partial charge in [0.25, 0.3) is 0 Å². The molecule has 5 unspecified atom stereocenters. The average Bonchev–Trinajstić information content (AvgIpc) is 3.61. The third kappa shape index (κ3) is 4.52. The van der Waals surface area contributed by atoms with Crippen LogP contribution in [-0.4, -0.2) is 56.2 Å². The monoisotopic (exact) mass is 522 g/mol. The number of likely N-dealkylation sites (tertiary alicyclic amines) is 1. The van der Waals surface area contributed by atoms with Gasteiger partial charge in [-0.2, -0.15) is 0 Å². The highest BCUT2D eigenvalue weighted by Crippen LogP contribution is 2.51. The fourth-order valence-corrected chi connectivity index (χ4v) is 7.55. The first-order valence-corrected chi connectivity index (χ1v) is 14.4. The van der Waals surface area contributed by atoms with E-state index in [1.54, 1.807) is 0 Å². The van der Waals surface area contributed by atoms with Gasteiger partial charge in [-0.1, -0.05) is 36.8 Å². The van der Waals surface area contributed by atoms with Gasteiger partial charge in [-0.3, -0.25) is 14.4 Å². The topological polar surface area (TPSA) is 77.9 Å². The van der Waals surface area contributed by atoms with Crippen molar-refractivity contribution < 1.29 is 19.5 Å². The number of benzene rings is 1. The number of aryl methyl sites for hydroxylation is 1. The maximum atomic E-state index is 14.4. The summed E-state index contributed by atoms with van der Waals surface area (Å²) in [7, 11) is 0. The van der Waals surface area contributed by atoms with Gasteiger partial charge in [0, 0.05) is 30.1 Å². The molecule has 6 nitrogen and oxygen atoms in total. The lowest BCUT2D eigenvalue weighted by atomic mass is 9.76. The number of carbonyl (C=O) groups excluding carboxylic acids is 2. The van der Waals surface area contributed by atoms with Crippen molar-refractivity contribution in [2.45, 2.75) is 100 Å². The van der Waals surface area contributed by atoms with Crippen LogP contribution in [0.3, 0.4) is 0 Å². The molecule has 1 aromatic carbocycles. The van der Waals surface area contributed by atoms with E-state index in [0.29, 0.717) is 6.42 Å². The van der Waals surface area contributed by atoms with Crippen LogP contribution >= 0.6 is 11.6 Å². The van der Waals surface area contributed by atoms with E-state index in [4.69, 9.17) is 11.6 Å². The number of rotatable bonds is 6. The second-order valence-electron chi connectivity index (χ2n) is 11.3. The zero-order chi connectivity index (χ0) is 25.7. The summed E-state index contributed by atoms with van der Waals surface area (Å²) >= 11 is 6.66. The number of allylic oxidation sites excluding steroid dienone is 2. The van der Waals surface area contributed by atoms with Gasteiger partial charge in [0.15, 0.2) is 0 Å². The number of carboxylic acids is 1. The van der Waals surface area contributed by atoms with E-state index in [1.807, 2.05) is 17.0 Å². The Morgan fingerprint density at radius 3 is 2.62 bits per heavy atom. The van der Waals surface area contributed by atoms with Gasteiger partial charge in [0.05, 0.1) is 23.8 Å². The third-order valence-corrected chi connectivity index (χ3v) is 9.33. The number of nitrogens with zero attached hydrogens (tertiary/aromatic N) is 2. The van der Waals surface area contributed by atoms with Gasteiger partial charge < -0.3 is 14.9 Å². The van der Waals surface area contributed by atoms with Gasteiger partial charge in [0.2, 0.25) is 11.8 Å². The first kappa shape index (κ1) is 24.7. The molecule has 1 saturated heterocycles. The van der Waals surface area contributed by atoms with Crippen LogP contribution in [-0.2, 0) is 20.8 Å². The summed E-state index contributed by atoms with van der Waals surface area (Å²) in [4.78, 5) is 43.2. The van der Waals surface area contributed by atoms with Gasteiger partial charge >= 0.3 is 5.97 Å². The van der Waals surface area contributed by atoms with Crippen molar-refractivity contribution in [1.82, 2.24) is 9.80 Å². The molecule has 2 amide bonds. The van der Waals surface area contributed by atoms with Crippen molar-refractivity contribution in [2.24, 2.45) is 5.92 Å². The zero-order valence-electron chi connectivity index (χ0n) is 21.2. The van der Waals surface area contributed by atoms with Crippen LogP contribution < -0.4 is 0 Å². The molecule has 0 radical (unpaired) electrons. The fourth-order valence-electron chi connectivity index (χ4n) is 7.34. The van der Waals surface area contributed by atoms with Crippen LogP contribution in [0.15, 0.2) is 47.7 Å². The van der Waals surface area contributed by atoms with Crippen LogP contribution in [0.2, 0.25) is 0 Å². The maximum absolute atomic E-state index is 14.4. The Hall–Kier alpha value is -2.60. The van der Waals surface area contributed by atoms with Gasteiger partial charge in [-0.05, 0) is 74.1 Å². The molecular weight excluding hydrogens is 488 g/mol. The van der Waals surface area contributed by atoms with Crippen molar-refractivity contribution in [3.63, 3.8) is 0 Å². The van der Waals surface area contributed by atoms with Crippen molar-refractivity contribution >= 4 is 29.4 Å². The van der Waals surface area contributed by atoms with Crippen molar-refractivity contribution in [2.75, 3.05) is 0 Å². The van der Waals surface area contributed by atoms with E-state index in [-0.39, 0.29) is 60.0 Å². The smallest absolute Gasteiger partial charge is 0.303 e. The minimum Gasteiger partial charge on any atom is -0.481 e. The standard InChI is InChI=1S/C30H35ClN2O4/c31-19-11-14-24-26(17-19)33(30(37)22-8-3-6-18-5-1-2-7-21(18)22)25-10-4-9-23(25)29(24)32(20-12-13-20)27(34)15-16-28(35)36/h1-2,5,7,14,17,19-20,22-23,25,29H,3-4,6,8-13,15-16H2,(H,35,36). The molecule has 7 heteroatoms. The van der Waals surface area contributed by atoms with Crippen LogP contribution in [0.1, 0.15) is 81.3 Å². The number of halogens is 1. The maximum Gasteiger partial charge on any atom is 0.303 e. The Kier molecular flexibility index (Phi) is 6.64. The average molecular weight is 523 g/mol. The van der Waals surface area contributed by atoms with Crippen molar-refractivity contribution in [3.05, 3.63) is 58.8 Å². The summed E-state index contributed by atoms with van der Waals surface area (Å²) in [6.45, 7) is 0. The summed E-state index contributed by atoms with van der Waals surface area (Å²) in [5.41, 5.74) is 4.37. The summed E-state index contributed by atoms with van der Waals surface area (Å²) in [6.07, 6.45) is 12.4. The van der Waals surface area contributed by atoms with Crippen LogP contribution in [0.4, 0.5) is 0 Å². The van der Waals surface area contributed by atoms with E-state index in [0.717, 1.165) is 68.2 Å². The largest absolute Gasteiger partial charge is 0.481 e. The minimum atomic E-state index is -0.946. The Morgan fingerprint density at radius 2 is 1.84 bits per heavy atom. The highest BCUT2D eigenvalue weighted by atomic mass is 35.5. The first-order valence-electron chi connectivity index (χ1n) is 13.9. The number of fused-ring (bicyclic) bond motifs is 3. The van der Waals surface area contributed by atoms with Gasteiger partial charge in [0.1, 0.15) is 0 Å². The predicted octanol–water partition coefficient (Wildman–Crippen LogP) is 5.16. The van der Waals surface area contributed by atoms with Crippen molar-refractivity contribution in [1.29, 1.82) is 0 Å². The van der Waals surface area contributed by atoms with Crippen LogP contribution in [0.5, 0.6) is 0 Å². The molecule has 196 valence electrons. The molecule has 1 aliphatic heterocycles. The Balaban J connectivity index is 1.38. The molecule has 5 atom stereocenters. The molecule has 0 spiro atoms. The van der Waals surface area contributed by atoms with Crippen LogP contribution in [0, 0.1) is 5.92 Å². The molecule has 1 N–H and O–H groups in total. The zero-order valence-corrected chi connectivity index (χ0v) is 21.9. The fraction of sp³-hybridized carbons (Fsp3) is 0.567. The lowest BCUT2D eigenvalue weighted by Crippen LogP contribution is -2.59. The van der Waals surface area contributed by atoms with Crippen LogP contribution in [0.25, 0.3) is 0 Å². The number of alkyl halides is 1. The molecule has 3 fully saturated rings. The Labute approximate surface area is 223 Å². The van der Waals surface area contributed by atoms with E-state index in [1.165, 1.54) is 5.56 Å². The van der Waals surface area contributed by atoms with Crippen molar-refractivity contribution in [3.8, 4) is 0 Å². The number of aliphatic carboxylic acids is 1. The normalized spacial score (nSPS) is 30.4. The lowest BCUT2D eigenvalue weighted by Gasteiger charge is -2.51. The quantitative estimate of drug-likeness (QED) is 0.523. The van der Waals surface area contributed by atoms with E-state index in [9.17, 15) is 19.5 Å². The third-order valence-electron chi connectivity index (χ3n) is 9.03.